The lowest BCUT2D eigenvalue weighted by molar-refractivity contribution is -0.0956. The largest absolute Gasteiger partial charge is 0.377 e. The molecule has 1 aliphatic rings. The SMILES string of the molecule is C=CCOCC1COCCOCCOC(COCC=C)COCCOCCO1. The Labute approximate surface area is 168 Å². The van der Waals surface area contributed by atoms with Crippen molar-refractivity contribution in [2.24, 2.45) is 0 Å². The van der Waals surface area contributed by atoms with Gasteiger partial charge in [0.15, 0.2) is 0 Å². The van der Waals surface area contributed by atoms with Gasteiger partial charge in [-0.25, -0.2) is 0 Å². The fourth-order valence-corrected chi connectivity index (χ4v) is 2.27. The van der Waals surface area contributed by atoms with Gasteiger partial charge < -0.3 is 37.9 Å². The van der Waals surface area contributed by atoms with Crippen LogP contribution in [0.5, 0.6) is 0 Å². The molecule has 0 amide bonds. The predicted molar refractivity (Wildman–Crippen MR) is 105 cm³/mol. The summed E-state index contributed by atoms with van der Waals surface area (Å²) in [4.78, 5) is 0. The molecule has 0 N–H and O–H groups in total. The molecule has 0 aromatic carbocycles. The summed E-state index contributed by atoms with van der Waals surface area (Å²) in [5.74, 6) is 0. The Bertz CT molecular complexity index is 312. The van der Waals surface area contributed by atoms with Gasteiger partial charge in [-0.15, -0.1) is 13.2 Å². The second-order valence-corrected chi connectivity index (χ2v) is 6.01. The fourth-order valence-electron chi connectivity index (χ4n) is 2.27. The molecular weight excluding hydrogens is 368 g/mol. The van der Waals surface area contributed by atoms with E-state index in [0.29, 0.717) is 92.5 Å². The Kier molecular flexibility index (Phi) is 17.5. The quantitative estimate of drug-likeness (QED) is 0.442. The molecule has 0 radical (unpaired) electrons. The van der Waals surface area contributed by atoms with E-state index < -0.39 is 0 Å². The van der Waals surface area contributed by atoms with Gasteiger partial charge in [0.25, 0.3) is 0 Å². The number of rotatable bonds is 8. The lowest BCUT2D eigenvalue weighted by atomic mass is 10.4. The highest BCUT2D eigenvalue weighted by Gasteiger charge is 2.12. The van der Waals surface area contributed by atoms with E-state index >= 15 is 0 Å². The van der Waals surface area contributed by atoms with Crippen LogP contribution in [-0.4, -0.2) is 105 Å². The van der Waals surface area contributed by atoms with Crippen LogP contribution in [0.2, 0.25) is 0 Å². The second kappa shape index (κ2) is 19.5. The van der Waals surface area contributed by atoms with Crippen LogP contribution in [0.15, 0.2) is 25.3 Å². The standard InChI is InChI=1S/C20H36O8/c1-3-5-23-15-19-17-25-9-7-22-12-14-28-20(16-24-6-4-2)18-26-10-8-21-11-13-27-19/h3-4,19-20H,1-2,5-18H2. The van der Waals surface area contributed by atoms with Crippen LogP contribution in [0.4, 0.5) is 0 Å². The number of hydrogen-bond acceptors (Lipinski definition) is 8. The molecule has 2 unspecified atom stereocenters. The highest BCUT2D eigenvalue weighted by atomic mass is 16.6. The first kappa shape index (κ1) is 25.2. The van der Waals surface area contributed by atoms with Gasteiger partial charge >= 0.3 is 0 Å². The third kappa shape index (κ3) is 15.1. The Morgan fingerprint density at radius 2 is 1.00 bits per heavy atom. The van der Waals surface area contributed by atoms with Crippen molar-refractivity contribution < 1.29 is 37.9 Å². The Morgan fingerprint density at radius 3 is 1.43 bits per heavy atom. The highest BCUT2D eigenvalue weighted by molar-refractivity contribution is 4.66. The van der Waals surface area contributed by atoms with E-state index in [1.54, 1.807) is 12.2 Å². The van der Waals surface area contributed by atoms with Gasteiger partial charge in [0.05, 0.1) is 92.5 Å². The highest BCUT2D eigenvalue weighted by Crippen LogP contribution is 1.99. The van der Waals surface area contributed by atoms with Crippen LogP contribution in [-0.2, 0) is 37.9 Å². The molecule has 0 saturated carbocycles. The maximum absolute atomic E-state index is 5.77. The van der Waals surface area contributed by atoms with Gasteiger partial charge in [-0.05, 0) is 0 Å². The molecule has 1 saturated heterocycles. The van der Waals surface area contributed by atoms with Crippen LogP contribution >= 0.6 is 0 Å². The Hall–Kier alpha value is -0.840. The second-order valence-electron chi connectivity index (χ2n) is 6.01. The van der Waals surface area contributed by atoms with Gasteiger partial charge in [0, 0.05) is 0 Å². The lowest BCUT2D eigenvalue weighted by Gasteiger charge is -2.20. The topological polar surface area (TPSA) is 73.8 Å². The molecule has 1 rings (SSSR count). The van der Waals surface area contributed by atoms with Crippen molar-refractivity contribution in [2.45, 2.75) is 12.2 Å². The summed E-state index contributed by atoms with van der Waals surface area (Å²) < 4.78 is 44.8. The molecule has 0 aromatic heterocycles. The summed E-state index contributed by atoms with van der Waals surface area (Å²) in [7, 11) is 0. The van der Waals surface area contributed by atoms with E-state index in [1.807, 2.05) is 0 Å². The van der Waals surface area contributed by atoms with E-state index in [2.05, 4.69) is 13.2 Å². The summed E-state index contributed by atoms with van der Waals surface area (Å²) in [5, 5.41) is 0. The first-order chi connectivity index (χ1) is 13.9. The predicted octanol–water partition coefficient (Wildman–Crippen LogP) is 1.24. The molecule has 0 aliphatic carbocycles. The monoisotopic (exact) mass is 404 g/mol. The van der Waals surface area contributed by atoms with Gasteiger partial charge in [-0.1, -0.05) is 12.2 Å². The zero-order valence-corrected chi connectivity index (χ0v) is 16.9. The van der Waals surface area contributed by atoms with Crippen LogP contribution in [0, 0.1) is 0 Å². The lowest BCUT2D eigenvalue weighted by Crippen LogP contribution is -2.29. The molecule has 0 spiro atoms. The van der Waals surface area contributed by atoms with E-state index in [-0.39, 0.29) is 12.2 Å². The van der Waals surface area contributed by atoms with E-state index in [1.165, 1.54) is 0 Å². The summed E-state index contributed by atoms with van der Waals surface area (Å²) in [6, 6.07) is 0. The van der Waals surface area contributed by atoms with E-state index in [0.717, 1.165) is 0 Å². The first-order valence-corrected chi connectivity index (χ1v) is 9.78. The van der Waals surface area contributed by atoms with Gasteiger partial charge in [0.2, 0.25) is 0 Å². The summed E-state index contributed by atoms with van der Waals surface area (Å²) in [5.41, 5.74) is 0. The molecular formula is C20H36O8. The molecule has 1 fully saturated rings. The maximum Gasteiger partial charge on any atom is 0.104 e. The molecule has 8 nitrogen and oxygen atoms in total. The van der Waals surface area contributed by atoms with Crippen LogP contribution < -0.4 is 0 Å². The van der Waals surface area contributed by atoms with Crippen molar-refractivity contribution >= 4 is 0 Å². The van der Waals surface area contributed by atoms with E-state index in [9.17, 15) is 0 Å². The third-order valence-corrected chi connectivity index (χ3v) is 3.59. The van der Waals surface area contributed by atoms with Crippen LogP contribution in [0.3, 0.4) is 0 Å². The van der Waals surface area contributed by atoms with Crippen molar-refractivity contribution in [2.75, 3.05) is 92.5 Å². The Balaban J connectivity index is 2.33. The number of hydrogen-bond donors (Lipinski definition) is 0. The Morgan fingerprint density at radius 1 is 0.607 bits per heavy atom. The summed E-state index contributed by atoms with van der Waals surface area (Å²) in [6.07, 6.45) is 3.10. The molecule has 1 heterocycles. The smallest absolute Gasteiger partial charge is 0.104 e. The summed E-state index contributed by atoms with van der Waals surface area (Å²) >= 11 is 0. The molecule has 0 bridgehead atoms. The van der Waals surface area contributed by atoms with Crippen molar-refractivity contribution in [3.8, 4) is 0 Å². The number of ether oxygens (including phenoxy) is 8. The third-order valence-electron chi connectivity index (χ3n) is 3.59. The zero-order valence-electron chi connectivity index (χ0n) is 16.9. The minimum atomic E-state index is -0.154. The van der Waals surface area contributed by atoms with Crippen molar-refractivity contribution in [3.05, 3.63) is 25.3 Å². The van der Waals surface area contributed by atoms with Crippen molar-refractivity contribution in [1.82, 2.24) is 0 Å². The molecule has 1 aliphatic heterocycles. The minimum Gasteiger partial charge on any atom is -0.377 e. The first-order valence-electron chi connectivity index (χ1n) is 9.78. The van der Waals surface area contributed by atoms with Crippen molar-refractivity contribution in [1.29, 1.82) is 0 Å². The van der Waals surface area contributed by atoms with E-state index in [4.69, 9.17) is 37.9 Å². The fraction of sp³-hybridized carbons (Fsp3) is 0.800. The molecule has 8 heteroatoms. The van der Waals surface area contributed by atoms with Gasteiger partial charge in [-0.3, -0.25) is 0 Å². The van der Waals surface area contributed by atoms with Gasteiger partial charge in [-0.2, -0.15) is 0 Å². The molecule has 164 valence electrons. The minimum absolute atomic E-state index is 0.154. The molecule has 0 aromatic rings. The maximum atomic E-state index is 5.77. The summed E-state index contributed by atoms with van der Waals surface area (Å²) in [6.45, 7) is 13.8. The average Bonchev–Trinajstić information content (AvgIpc) is 2.70. The van der Waals surface area contributed by atoms with Crippen LogP contribution in [0.25, 0.3) is 0 Å². The zero-order chi connectivity index (χ0) is 20.1. The van der Waals surface area contributed by atoms with Crippen molar-refractivity contribution in [3.63, 3.8) is 0 Å². The molecule has 2 atom stereocenters. The average molecular weight is 405 g/mol. The van der Waals surface area contributed by atoms with Gasteiger partial charge in [0.1, 0.15) is 12.2 Å². The molecule has 28 heavy (non-hydrogen) atoms. The van der Waals surface area contributed by atoms with Crippen LogP contribution in [0.1, 0.15) is 0 Å². The normalized spacial score (nSPS) is 24.7.